The van der Waals surface area contributed by atoms with Gasteiger partial charge >= 0.3 is 0 Å². The topological polar surface area (TPSA) is 30.3 Å². The first-order chi connectivity index (χ1) is 10.3. The number of piperidine rings is 2. The Bertz CT molecular complexity index is 523. The number of nitrogens with zero attached hydrogens (tertiary/aromatic N) is 3. The monoisotopic (exact) mass is 303 g/mol. The quantitative estimate of drug-likeness (QED) is 0.835. The van der Waals surface area contributed by atoms with Gasteiger partial charge in [0.15, 0.2) is 0 Å². The normalized spacial score (nSPS) is 21.2. The molecule has 0 unspecified atom stereocenters. The minimum Gasteiger partial charge on any atom is -0.370 e. The lowest BCUT2D eigenvalue weighted by Crippen LogP contribution is -2.46. The van der Waals surface area contributed by atoms with Crippen molar-refractivity contribution in [3.05, 3.63) is 28.8 Å². The number of rotatable bonds is 2. The van der Waals surface area contributed by atoms with Crippen molar-refractivity contribution >= 4 is 17.3 Å². The summed E-state index contributed by atoms with van der Waals surface area (Å²) in [6, 6.07) is 8.73. The van der Waals surface area contributed by atoms with Gasteiger partial charge in [-0.3, -0.25) is 0 Å². The molecule has 2 fully saturated rings. The molecule has 0 radical (unpaired) electrons. The van der Waals surface area contributed by atoms with Gasteiger partial charge in [-0.2, -0.15) is 5.26 Å². The summed E-state index contributed by atoms with van der Waals surface area (Å²) in [7, 11) is 0. The largest absolute Gasteiger partial charge is 0.370 e. The highest BCUT2D eigenvalue weighted by Crippen LogP contribution is 2.30. The second-order valence-corrected chi connectivity index (χ2v) is 6.47. The van der Waals surface area contributed by atoms with Gasteiger partial charge in [0.05, 0.1) is 16.3 Å². The molecule has 4 heteroatoms. The molecule has 3 nitrogen and oxygen atoms in total. The molecule has 0 bridgehead atoms. The Kier molecular flexibility index (Phi) is 4.67. The van der Waals surface area contributed by atoms with E-state index in [9.17, 15) is 5.26 Å². The summed E-state index contributed by atoms with van der Waals surface area (Å²) < 4.78 is 0. The zero-order valence-electron chi connectivity index (χ0n) is 12.4. The van der Waals surface area contributed by atoms with Crippen LogP contribution in [0, 0.1) is 11.3 Å². The van der Waals surface area contributed by atoms with E-state index in [1.807, 2.05) is 12.1 Å². The lowest BCUT2D eigenvalue weighted by molar-refractivity contribution is 0.141. The number of hydrogen-bond donors (Lipinski definition) is 0. The van der Waals surface area contributed by atoms with Crippen LogP contribution in [0.4, 0.5) is 5.69 Å². The molecular formula is C17H22ClN3. The third kappa shape index (κ3) is 3.17. The van der Waals surface area contributed by atoms with Gasteiger partial charge in [0, 0.05) is 19.1 Å². The van der Waals surface area contributed by atoms with E-state index in [0.717, 1.165) is 24.8 Å². The van der Waals surface area contributed by atoms with E-state index in [0.29, 0.717) is 10.6 Å². The average Bonchev–Trinajstić information content (AvgIpc) is 2.55. The Morgan fingerprint density at radius 1 is 1.05 bits per heavy atom. The molecule has 112 valence electrons. The Morgan fingerprint density at radius 3 is 2.43 bits per heavy atom. The third-order valence-corrected chi connectivity index (χ3v) is 5.13. The highest BCUT2D eigenvalue weighted by Gasteiger charge is 2.26. The third-order valence-electron chi connectivity index (χ3n) is 4.82. The lowest BCUT2D eigenvalue weighted by atomic mass is 9.99. The minimum absolute atomic E-state index is 0.563. The summed E-state index contributed by atoms with van der Waals surface area (Å²) in [4.78, 5) is 4.99. The summed E-state index contributed by atoms with van der Waals surface area (Å²) in [6.07, 6.45) is 6.48. The van der Waals surface area contributed by atoms with Crippen LogP contribution in [0.15, 0.2) is 18.2 Å². The van der Waals surface area contributed by atoms with E-state index >= 15 is 0 Å². The van der Waals surface area contributed by atoms with Crippen molar-refractivity contribution in [2.24, 2.45) is 0 Å². The molecule has 2 heterocycles. The maximum Gasteiger partial charge on any atom is 0.103 e. The zero-order valence-corrected chi connectivity index (χ0v) is 13.1. The molecule has 1 aromatic rings. The van der Waals surface area contributed by atoms with Crippen LogP contribution >= 0.6 is 11.6 Å². The van der Waals surface area contributed by atoms with Crippen molar-refractivity contribution in [2.75, 3.05) is 31.1 Å². The van der Waals surface area contributed by atoms with E-state index in [1.165, 1.54) is 45.2 Å². The lowest BCUT2D eigenvalue weighted by Gasteiger charge is -2.41. The molecule has 0 saturated carbocycles. The fourth-order valence-corrected chi connectivity index (χ4v) is 3.85. The summed E-state index contributed by atoms with van der Waals surface area (Å²) >= 11 is 6.14. The molecule has 3 rings (SSSR count). The molecule has 2 aliphatic heterocycles. The molecule has 0 atom stereocenters. The summed E-state index contributed by atoms with van der Waals surface area (Å²) in [6.45, 7) is 4.59. The van der Waals surface area contributed by atoms with Crippen LogP contribution in [0.5, 0.6) is 0 Å². The first-order valence-electron chi connectivity index (χ1n) is 7.97. The number of anilines is 1. The molecule has 0 amide bonds. The molecular weight excluding hydrogens is 282 g/mol. The van der Waals surface area contributed by atoms with E-state index in [4.69, 9.17) is 11.6 Å². The van der Waals surface area contributed by atoms with Gasteiger partial charge in [-0.1, -0.05) is 24.1 Å². The van der Waals surface area contributed by atoms with E-state index in [-0.39, 0.29) is 0 Å². The summed E-state index contributed by atoms with van der Waals surface area (Å²) in [5.41, 5.74) is 1.62. The van der Waals surface area contributed by atoms with Crippen molar-refractivity contribution in [2.45, 2.75) is 38.1 Å². The predicted octanol–water partition coefficient (Wildman–Crippen LogP) is 3.67. The minimum atomic E-state index is 0.563. The molecule has 0 spiro atoms. The molecule has 1 aromatic carbocycles. The van der Waals surface area contributed by atoms with Gasteiger partial charge in [-0.15, -0.1) is 0 Å². The van der Waals surface area contributed by atoms with Crippen molar-refractivity contribution in [3.8, 4) is 6.07 Å². The first-order valence-corrected chi connectivity index (χ1v) is 8.35. The van der Waals surface area contributed by atoms with Crippen LogP contribution < -0.4 is 4.90 Å². The Labute approximate surface area is 132 Å². The van der Waals surface area contributed by atoms with Gasteiger partial charge in [0.2, 0.25) is 0 Å². The number of benzene rings is 1. The van der Waals surface area contributed by atoms with Crippen LogP contribution in [-0.4, -0.2) is 37.1 Å². The SMILES string of the molecule is N#Cc1c(Cl)cccc1N1CCC(N2CCCCC2)CC1. The predicted molar refractivity (Wildman–Crippen MR) is 86.8 cm³/mol. The van der Waals surface area contributed by atoms with Crippen molar-refractivity contribution in [1.82, 2.24) is 4.90 Å². The standard InChI is InChI=1S/C17H22ClN3/c18-16-5-4-6-17(15(16)13-19)21-11-7-14(8-12-21)20-9-2-1-3-10-20/h4-6,14H,1-3,7-12H2. The number of nitriles is 1. The molecule has 0 N–H and O–H groups in total. The highest BCUT2D eigenvalue weighted by atomic mass is 35.5. The van der Waals surface area contributed by atoms with E-state index in [2.05, 4.69) is 15.9 Å². The van der Waals surface area contributed by atoms with Crippen LogP contribution in [0.3, 0.4) is 0 Å². The Balaban J connectivity index is 1.66. The second kappa shape index (κ2) is 6.68. The number of hydrogen-bond acceptors (Lipinski definition) is 3. The fourth-order valence-electron chi connectivity index (χ4n) is 3.64. The van der Waals surface area contributed by atoms with Gasteiger partial charge < -0.3 is 9.80 Å². The van der Waals surface area contributed by atoms with Crippen LogP contribution in [0.1, 0.15) is 37.7 Å². The second-order valence-electron chi connectivity index (χ2n) is 6.06. The van der Waals surface area contributed by atoms with Gasteiger partial charge in [-0.25, -0.2) is 0 Å². The Morgan fingerprint density at radius 2 is 1.76 bits per heavy atom. The maximum atomic E-state index is 9.32. The molecule has 2 aliphatic rings. The van der Waals surface area contributed by atoms with E-state index in [1.54, 1.807) is 6.07 Å². The molecule has 2 saturated heterocycles. The summed E-state index contributed by atoms with van der Waals surface area (Å²) in [5, 5.41) is 9.88. The molecule has 21 heavy (non-hydrogen) atoms. The summed E-state index contributed by atoms with van der Waals surface area (Å²) in [5.74, 6) is 0. The smallest absolute Gasteiger partial charge is 0.103 e. The maximum absolute atomic E-state index is 9.32. The molecule has 0 aromatic heterocycles. The van der Waals surface area contributed by atoms with Gasteiger partial charge in [0.25, 0.3) is 0 Å². The first kappa shape index (κ1) is 14.7. The zero-order chi connectivity index (χ0) is 14.7. The average molecular weight is 304 g/mol. The fraction of sp³-hybridized carbons (Fsp3) is 0.588. The van der Waals surface area contributed by atoms with Crippen molar-refractivity contribution in [3.63, 3.8) is 0 Å². The Hall–Kier alpha value is -1.24. The van der Waals surface area contributed by atoms with Crippen LogP contribution in [0.2, 0.25) is 5.02 Å². The van der Waals surface area contributed by atoms with Gasteiger partial charge in [-0.05, 0) is 50.9 Å². The highest BCUT2D eigenvalue weighted by molar-refractivity contribution is 6.32. The number of likely N-dealkylation sites (tertiary alicyclic amines) is 1. The van der Waals surface area contributed by atoms with Crippen molar-refractivity contribution in [1.29, 1.82) is 5.26 Å². The number of halogens is 1. The van der Waals surface area contributed by atoms with Crippen LogP contribution in [0.25, 0.3) is 0 Å². The van der Waals surface area contributed by atoms with Crippen LogP contribution in [-0.2, 0) is 0 Å². The van der Waals surface area contributed by atoms with E-state index < -0.39 is 0 Å². The molecule has 0 aliphatic carbocycles. The van der Waals surface area contributed by atoms with Crippen molar-refractivity contribution < 1.29 is 0 Å². The van der Waals surface area contributed by atoms with Gasteiger partial charge in [0.1, 0.15) is 6.07 Å².